The van der Waals surface area contributed by atoms with Gasteiger partial charge in [-0.15, -0.1) is 0 Å². The molecule has 0 spiro atoms. The predicted octanol–water partition coefficient (Wildman–Crippen LogP) is 3.35. The fraction of sp³-hybridized carbons (Fsp3) is 0.250. The average molecular weight is 249 g/mol. The lowest BCUT2D eigenvalue weighted by Crippen LogP contribution is -2.05. The van der Waals surface area contributed by atoms with Crippen LogP contribution in [0.4, 0.5) is 4.39 Å². The number of rotatable bonds is 4. The second-order valence-electron chi connectivity index (χ2n) is 3.46. The van der Waals surface area contributed by atoms with E-state index in [4.69, 9.17) is 10.3 Å². The van der Waals surface area contributed by atoms with E-state index in [9.17, 15) is 9.18 Å². The smallest absolute Gasteiger partial charge is 0.340 e. The van der Waals surface area contributed by atoms with Crippen LogP contribution in [-0.4, -0.2) is 12.6 Å². The minimum atomic E-state index is -0.782. The minimum Gasteiger partial charge on any atom is -0.462 e. The van der Waals surface area contributed by atoms with Crippen LogP contribution in [0.2, 0.25) is 0 Å². The van der Waals surface area contributed by atoms with E-state index in [1.54, 1.807) is 19.9 Å². The maximum Gasteiger partial charge on any atom is 0.340 e. The molecular weight excluding hydrogens is 237 g/mol. The highest BCUT2D eigenvalue weighted by atomic mass is 19.1. The third-order valence-electron chi connectivity index (χ3n) is 2.09. The van der Waals surface area contributed by atoms with Gasteiger partial charge in [0, 0.05) is 10.5 Å². The third-order valence-corrected chi connectivity index (χ3v) is 2.09. The van der Waals surface area contributed by atoms with Crippen molar-refractivity contribution in [3.8, 4) is 0 Å². The van der Waals surface area contributed by atoms with Gasteiger partial charge in [0.1, 0.15) is 11.5 Å². The van der Waals surface area contributed by atoms with Crippen LogP contribution in [0, 0.1) is 12.7 Å². The van der Waals surface area contributed by atoms with Gasteiger partial charge in [0.05, 0.1) is 6.61 Å². The van der Waals surface area contributed by atoms with E-state index in [-0.39, 0.29) is 17.9 Å². The van der Waals surface area contributed by atoms with E-state index < -0.39 is 11.8 Å². The van der Waals surface area contributed by atoms with Gasteiger partial charge in [-0.05, 0) is 37.1 Å². The van der Waals surface area contributed by atoms with Gasteiger partial charge in [0.2, 0.25) is 0 Å². The highest BCUT2D eigenvalue weighted by Gasteiger charge is 2.10. The molecule has 0 aliphatic rings. The molecule has 1 rings (SSSR count). The molecule has 0 heterocycles. The van der Waals surface area contributed by atoms with Gasteiger partial charge in [-0.1, -0.05) is 17.2 Å². The summed E-state index contributed by atoms with van der Waals surface area (Å²) in [5, 5.41) is 3.20. The number of nitrogens with zero attached hydrogens (tertiary/aromatic N) is 3. The highest BCUT2D eigenvalue weighted by molar-refractivity contribution is 5.93. The van der Waals surface area contributed by atoms with Crippen LogP contribution >= 0.6 is 0 Å². The minimum absolute atomic E-state index is 0.146. The lowest BCUT2D eigenvalue weighted by molar-refractivity contribution is -0.138. The van der Waals surface area contributed by atoms with Crippen molar-refractivity contribution >= 4 is 12.0 Å². The van der Waals surface area contributed by atoms with E-state index in [2.05, 4.69) is 10.0 Å². The molecule has 1 aromatic rings. The molecular formula is C12H12FN3O2. The molecule has 18 heavy (non-hydrogen) atoms. The van der Waals surface area contributed by atoms with Gasteiger partial charge in [-0.3, -0.25) is 0 Å². The molecule has 1 aromatic carbocycles. The summed E-state index contributed by atoms with van der Waals surface area (Å²) in [7, 11) is 0. The Kier molecular flexibility index (Phi) is 4.90. The van der Waals surface area contributed by atoms with E-state index in [0.717, 1.165) is 11.6 Å². The molecule has 0 aliphatic carbocycles. The summed E-state index contributed by atoms with van der Waals surface area (Å²) < 4.78 is 18.3. The Hall–Kier alpha value is -2.33. The topological polar surface area (TPSA) is 75.1 Å². The Bertz CT molecular complexity index is 534. The summed E-state index contributed by atoms with van der Waals surface area (Å²) in [5.74, 6) is -1.28. The molecule has 0 amide bonds. The van der Waals surface area contributed by atoms with Crippen molar-refractivity contribution in [3.05, 3.63) is 51.3 Å². The van der Waals surface area contributed by atoms with Crippen molar-refractivity contribution in [1.82, 2.24) is 0 Å². The Balaban J connectivity index is 3.15. The molecule has 94 valence electrons. The maximum absolute atomic E-state index is 13.6. The van der Waals surface area contributed by atoms with Crippen LogP contribution in [0.1, 0.15) is 18.1 Å². The second kappa shape index (κ2) is 6.42. The van der Waals surface area contributed by atoms with Crippen LogP contribution in [0.25, 0.3) is 16.5 Å². The van der Waals surface area contributed by atoms with Crippen molar-refractivity contribution in [1.29, 1.82) is 0 Å². The zero-order chi connectivity index (χ0) is 13.5. The van der Waals surface area contributed by atoms with Gasteiger partial charge < -0.3 is 4.74 Å². The number of carbonyl (C=O) groups excluding carboxylic acids is 1. The zero-order valence-electron chi connectivity index (χ0n) is 10.1. The quantitative estimate of drug-likeness (QED) is 0.270. The van der Waals surface area contributed by atoms with Gasteiger partial charge in [-0.25, -0.2) is 9.18 Å². The molecule has 0 N–H and O–H groups in total. The van der Waals surface area contributed by atoms with Gasteiger partial charge in [0.15, 0.2) is 0 Å². The number of carbonyl (C=O) groups is 1. The number of aryl methyl sites for hydroxylation is 1. The molecule has 6 heteroatoms. The predicted molar refractivity (Wildman–Crippen MR) is 64.9 cm³/mol. The van der Waals surface area contributed by atoms with Crippen molar-refractivity contribution in [2.24, 2.45) is 5.11 Å². The van der Waals surface area contributed by atoms with E-state index >= 15 is 0 Å². The normalized spacial score (nSPS) is 10.7. The summed E-state index contributed by atoms with van der Waals surface area (Å²) >= 11 is 0. The zero-order valence-corrected chi connectivity index (χ0v) is 10.1. The summed E-state index contributed by atoms with van der Waals surface area (Å²) in [4.78, 5) is 14.0. The van der Waals surface area contributed by atoms with Gasteiger partial charge >= 0.3 is 5.97 Å². The molecule has 0 atom stereocenters. The summed E-state index contributed by atoms with van der Waals surface area (Å²) in [5.41, 5.74) is 9.00. The van der Waals surface area contributed by atoms with Crippen LogP contribution in [0.3, 0.4) is 0 Å². The molecule has 0 bridgehead atoms. The first-order chi connectivity index (χ1) is 8.58. The summed E-state index contributed by atoms with van der Waals surface area (Å²) in [6.07, 6.45) is 1.16. The largest absolute Gasteiger partial charge is 0.462 e. The lowest BCUT2D eigenvalue weighted by atomic mass is 10.1. The fourth-order valence-electron chi connectivity index (χ4n) is 1.28. The van der Waals surface area contributed by atoms with Crippen molar-refractivity contribution in [2.45, 2.75) is 13.8 Å². The van der Waals surface area contributed by atoms with Gasteiger partial charge in [0.25, 0.3) is 0 Å². The van der Waals surface area contributed by atoms with Crippen LogP contribution < -0.4 is 0 Å². The molecule has 0 aromatic heterocycles. The average Bonchev–Trinajstić information content (AvgIpc) is 2.32. The molecule has 0 aliphatic heterocycles. The number of hydrogen-bond donors (Lipinski definition) is 0. The van der Waals surface area contributed by atoms with Gasteiger partial charge in [-0.2, -0.15) is 0 Å². The van der Waals surface area contributed by atoms with E-state index in [1.807, 2.05) is 0 Å². The molecule has 0 fully saturated rings. The monoisotopic (exact) mass is 249 g/mol. The number of benzene rings is 1. The Morgan fingerprint density at radius 2 is 2.33 bits per heavy atom. The Morgan fingerprint density at radius 3 is 2.89 bits per heavy atom. The standard InChI is InChI=1S/C12H12FN3O2/c1-3-18-12(17)11(15-16-14)7-9-5-4-8(2)6-10(9)13/h4-7H,3H2,1-2H3/b11-7-. The molecule has 0 radical (unpaired) electrons. The summed E-state index contributed by atoms with van der Waals surface area (Å²) in [6, 6.07) is 4.51. The lowest BCUT2D eigenvalue weighted by Gasteiger charge is -2.03. The van der Waals surface area contributed by atoms with Crippen LogP contribution in [0.5, 0.6) is 0 Å². The van der Waals surface area contributed by atoms with E-state index in [1.165, 1.54) is 12.1 Å². The first-order valence-electron chi connectivity index (χ1n) is 5.28. The third kappa shape index (κ3) is 3.61. The summed E-state index contributed by atoms with van der Waals surface area (Å²) in [6.45, 7) is 3.52. The first-order valence-corrected chi connectivity index (χ1v) is 5.28. The Labute approximate surface area is 104 Å². The van der Waals surface area contributed by atoms with Crippen LogP contribution in [-0.2, 0) is 9.53 Å². The fourth-order valence-corrected chi connectivity index (χ4v) is 1.28. The number of ether oxygens (including phenoxy) is 1. The highest BCUT2D eigenvalue weighted by Crippen LogP contribution is 2.15. The SMILES string of the molecule is CCOC(=O)/C(=C/c1ccc(C)cc1F)N=[N+]=[N-]. The number of hydrogen-bond acceptors (Lipinski definition) is 3. The van der Waals surface area contributed by atoms with E-state index in [0.29, 0.717) is 0 Å². The van der Waals surface area contributed by atoms with Crippen molar-refractivity contribution < 1.29 is 13.9 Å². The van der Waals surface area contributed by atoms with Crippen molar-refractivity contribution in [3.63, 3.8) is 0 Å². The molecule has 0 saturated heterocycles. The van der Waals surface area contributed by atoms with Crippen molar-refractivity contribution in [2.75, 3.05) is 6.61 Å². The second-order valence-corrected chi connectivity index (χ2v) is 3.46. The number of azide groups is 1. The molecule has 5 nitrogen and oxygen atoms in total. The van der Waals surface area contributed by atoms with Crippen LogP contribution in [0.15, 0.2) is 29.0 Å². The maximum atomic E-state index is 13.6. The molecule has 0 unspecified atom stereocenters. The number of halogens is 1. The Morgan fingerprint density at radius 1 is 1.61 bits per heavy atom. The first kappa shape index (κ1) is 13.7. The number of esters is 1. The molecule has 0 saturated carbocycles.